The molecule has 0 bridgehead atoms. The lowest BCUT2D eigenvalue weighted by atomic mass is 9.49. The van der Waals surface area contributed by atoms with Gasteiger partial charge in [-0.25, -0.2) is 0 Å². The van der Waals surface area contributed by atoms with Gasteiger partial charge in [0, 0.05) is 41.2 Å². The SMILES string of the molecule is CC(=O)C1CC=CCC1C(=O)c1cc2c(cc1C(C)C)CCC1C(C)(C(=O)OCCCOC(=O)C3(C)CCCC4(C)c5cc(C(=O)C6CC=CCC6C(C)=O)c(C(C)C)cc5CCC34)CCCC21C. The molecule has 2 fully saturated rings. The van der Waals surface area contributed by atoms with E-state index in [0.29, 0.717) is 32.1 Å². The number of ketones is 4. The summed E-state index contributed by atoms with van der Waals surface area (Å²) in [7, 11) is 0. The van der Waals surface area contributed by atoms with Gasteiger partial charge in [-0.05, 0) is 185 Å². The number of benzene rings is 2. The van der Waals surface area contributed by atoms with E-state index in [1.807, 2.05) is 24.3 Å². The zero-order valence-corrected chi connectivity index (χ0v) is 43.5. The first-order valence-corrected chi connectivity index (χ1v) is 26.8. The number of hydrogen-bond donors (Lipinski definition) is 0. The highest BCUT2D eigenvalue weighted by Crippen LogP contribution is 2.60. The average molecular weight is 941 g/mol. The lowest BCUT2D eigenvalue weighted by Crippen LogP contribution is -2.53. The fourth-order valence-corrected chi connectivity index (χ4v) is 15.2. The Labute approximate surface area is 412 Å². The summed E-state index contributed by atoms with van der Waals surface area (Å²) >= 11 is 0. The van der Waals surface area contributed by atoms with Gasteiger partial charge in [0.2, 0.25) is 0 Å². The van der Waals surface area contributed by atoms with Gasteiger partial charge in [-0.2, -0.15) is 0 Å². The van der Waals surface area contributed by atoms with Gasteiger partial charge >= 0.3 is 11.9 Å². The van der Waals surface area contributed by atoms with Gasteiger partial charge in [-0.1, -0.05) is 90.8 Å². The lowest BCUT2D eigenvalue weighted by Gasteiger charge is -2.54. The van der Waals surface area contributed by atoms with Crippen molar-refractivity contribution in [2.24, 2.45) is 46.3 Å². The van der Waals surface area contributed by atoms with Crippen LogP contribution in [0.25, 0.3) is 0 Å². The number of fused-ring (bicyclic) bond motifs is 6. The Hall–Kier alpha value is -4.46. The highest BCUT2D eigenvalue weighted by atomic mass is 16.5. The zero-order valence-electron chi connectivity index (χ0n) is 43.5. The van der Waals surface area contributed by atoms with Gasteiger partial charge in [0.1, 0.15) is 11.6 Å². The fraction of sp³-hybridized carbons (Fsp3) is 0.639. The Balaban J connectivity index is 0.933. The molecule has 372 valence electrons. The summed E-state index contributed by atoms with van der Waals surface area (Å²) in [4.78, 5) is 83.1. The van der Waals surface area contributed by atoms with E-state index in [1.165, 1.54) is 22.3 Å². The largest absolute Gasteiger partial charge is 0.465 e. The summed E-state index contributed by atoms with van der Waals surface area (Å²) in [5, 5.41) is 0. The van der Waals surface area contributed by atoms with Gasteiger partial charge in [0.25, 0.3) is 0 Å². The van der Waals surface area contributed by atoms with Crippen LogP contribution in [-0.2, 0) is 52.3 Å². The summed E-state index contributed by atoms with van der Waals surface area (Å²) in [5.74, 6) is -1.14. The summed E-state index contributed by atoms with van der Waals surface area (Å²) in [6.07, 6.45) is 19.3. The average Bonchev–Trinajstić information content (AvgIpc) is 3.32. The normalized spacial score (nSPS) is 32.6. The Morgan fingerprint density at radius 1 is 0.536 bits per heavy atom. The smallest absolute Gasteiger partial charge is 0.312 e. The molecule has 2 aromatic rings. The molecule has 8 heteroatoms. The van der Waals surface area contributed by atoms with E-state index in [9.17, 15) is 28.8 Å². The molecule has 10 unspecified atom stereocenters. The molecule has 2 aromatic carbocycles. The molecule has 0 saturated heterocycles. The van der Waals surface area contributed by atoms with Crippen LogP contribution in [0.15, 0.2) is 48.6 Å². The summed E-state index contributed by atoms with van der Waals surface area (Å²) in [6, 6.07) is 8.83. The van der Waals surface area contributed by atoms with Gasteiger partial charge in [0.15, 0.2) is 11.6 Å². The minimum Gasteiger partial charge on any atom is -0.465 e. The maximum atomic E-state index is 14.5. The third kappa shape index (κ3) is 9.00. The van der Waals surface area contributed by atoms with Crippen LogP contribution in [0.3, 0.4) is 0 Å². The quantitative estimate of drug-likeness (QED) is 0.0794. The lowest BCUT2D eigenvalue weighted by molar-refractivity contribution is -0.167. The number of hydrogen-bond acceptors (Lipinski definition) is 8. The van der Waals surface area contributed by atoms with Crippen molar-refractivity contribution in [1.82, 2.24) is 0 Å². The van der Waals surface area contributed by atoms with Crippen molar-refractivity contribution in [1.29, 1.82) is 0 Å². The standard InChI is InChI=1S/C61H80O8/c1-36(2)46-32-40-22-24-52-58(7,50(40)34-48(46)54(64)44-20-13-11-18-42(44)38(5)62)26-15-28-60(52,9)56(66)68-30-17-31-69-57(67)61(10)29-16-27-59(8)51-35-49(47(37(3)4)33-41(51)23-25-53(59)61)55(65)45-21-14-12-19-43(45)39(6)63/h11-14,32-37,42-45,52-53H,15-31H2,1-10H3. The molecule has 0 aromatic heterocycles. The topological polar surface area (TPSA) is 121 Å². The Bertz CT molecular complexity index is 2290. The zero-order chi connectivity index (χ0) is 49.8. The van der Waals surface area contributed by atoms with E-state index < -0.39 is 10.8 Å². The molecule has 69 heavy (non-hydrogen) atoms. The molecule has 8 rings (SSSR count). The first-order chi connectivity index (χ1) is 32.7. The molecule has 8 nitrogen and oxygen atoms in total. The number of carbonyl (C=O) groups is 6. The summed E-state index contributed by atoms with van der Waals surface area (Å²) < 4.78 is 12.3. The minimum atomic E-state index is -0.712. The Morgan fingerprint density at radius 2 is 0.899 bits per heavy atom. The van der Waals surface area contributed by atoms with Crippen molar-refractivity contribution in [2.75, 3.05) is 13.2 Å². The number of ether oxygens (including phenoxy) is 2. The first-order valence-electron chi connectivity index (χ1n) is 26.8. The van der Waals surface area contributed by atoms with Crippen LogP contribution >= 0.6 is 0 Å². The molecular weight excluding hydrogens is 861 g/mol. The van der Waals surface area contributed by atoms with Crippen LogP contribution < -0.4 is 0 Å². The molecular formula is C61H80O8. The maximum Gasteiger partial charge on any atom is 0.312 e. The Morgan fingerprint density at radius 3 is 1.25 bits per heavy atom. The second-order valence-corrected chi connectivity index (χ2v) is 23.9. The van der Waals surface area contributed by atoms with E-state index in [-0.39, 0.29) is 106 Å². The maximum absolute atomic E-state index is 14.5. The predicted molar refractivity (Wildman–Crippen MR) is 271 cm³/mol. The van der Waals surface area contributed by atoms with Gasteiger partial charge in [-0.15, -0.1) is 0 Å². The third-order valence-corrected chi connectivity index (χ3v) is 19.1. The van der Waals surface area contributed by atoms with Crippen LogP contribution in [0, 0.1) is 46.3 Å². The first kappa shape index (κ1) is 50.9. The van der Waals surface area contributed by atoms with E-state index in [0.717, 1.165) is 86.5 Å². The van der Waals surface area contributed by atoms with Gasteiger partial charge in [0.05, 0.1) is 24.0 Å². The van der Waals surface area contributed by atoms with Crippen LogP contribution in [0.1, 0.15) is 219 Å². The van der Waals surface area contributed by atoms with E-state index in [1.54, 1.807) is 13.8 Å². The van der Waals surface area contributed by atoms with Crippen molar-refractivity contribution in [3.8, 4) is 0 Å². The van der Waals surface area contributed by atoms with Crippen LogP contribution in [0.4, 0.5) is 0 Å². The van der Waals surface area contributed by atoms with Crippen LogP contribution in [0.2, 0.25) is 0 Å². The van der Waals surface area contributed by atoms with Gasteiger partial charge in [-0.3, -0.25) is 28.8 Å². The third-order valence-electron chi connectivity index (χ3n) is 19.1. The second-order valence-electron chi connectivity index (χ2n) is 23.9. The number of Topliss-reactive ketones (excluding diaryl/α,β-unsaturated/α-hetero) is 4. The number of aryl methyl sites for hydroxylation is 2. The number of allylic oxidation sites excluding steroid dienone is 4. The monoisotopic (exact) mass is 941 g/mol. The molecule has 10 atom stereocenters. The van der Waals surface area contributed by atoms with Gasteiger partial charge < -0.3 is 9.47 Å². The van der Waals surface area contributed by atoms with E-state index >= 15 is 0 Å². The number of carbonyl (C=O) groups excluding carboxylic acids is 6. The van der Waals surface area contributed by atoms with E-state index in [2.05, 4.69) is 79.7 Å². The predicted octanol–water partition coefficient (Wildman–Crippen LogP) is 12.8. The van der Waals surface area contributed by atoms with Crippen molar-refractivity contribution in [2.45, 2.75) is 188 Å². The highest BCUT2D eigenvalue weighted by Gasteiger charge is 2.58. The minimum absolute atomic E-state index is 0.0289. The number of rotatable bonds is 14. The summed E-state index contributed by atoms with van der Waals surface area (Å²) in [5.41, 5.74) is 6.37. The van der Waals surface area contributed by atoms with Crippen molar-refractivity contribution >= 4 is 35.1 Å². The molecule has 0 spiro atoms. The Kier molecular flexibility index (Phi) is 14.5. The molecule has 0 N–H and O–H groups in total. The molecule has 6 aliphatic carbocycles. The fourth-order valence-electron chi connectivity index (χ4n) is 15.2. The van der Waals surface area contributed by atoms with Crippen molar-refractivity contribution < 1.29 is 38.2 Å². The molecule has 0 heterocycles. The molecule has 0 aliphatic heterocycles. The van der Waals surface area contributed by atoms with Crippen LogP contribution in [0.5, 0.6) is 0 Å². The van der Waals surface area contributed by atoms with E-state index in [4.69, 9.17) is 9.47 Å². The molecule has 2 saturated carbocycles. The molecule has 6 aliphatic rings. The van der Waals surface area contributed by atoms with Crippen molar-refractivity contribution in [3.63, 3.8) is 0 Å². The molecule has 0 radical (unpaired) electrons. The number of esters is 2. The summed E-state index contributed by atoms with van der Waals surface area (Å²) in [6.45, 7) is 20.8. The molecule has 0 amide bonds. The van der Waals surface area contributed by atoms with Crippen molar-refractivity contribution in [3.05, 3.63) is 93.1 Å². The highest BCUT2D eigenvalue weighted by molar-refractivity contribution is 6.03. The second kappa shape index (κ2) is 19.6. The van der Waals surface area contributed by atoms with Crippen LogP contribution in [-0.4, -0.2) is 48.3 Å².